The van der Waals surface area contributed by atoms with Gasteiger partial charge in [0.05, 0.1) is 18.2 Å². The Morgan fingerprint density at radius 2 is 1.89 bits per heavy atom. The minimum Gasteiger partial charge on any atom is -0.325 e. The van der Waals surface area contributed by atoms with Crippen LogP contribution in [0.3, 0.4) is 0 Å². The van der Waals surface area contributed by atoms with E-state index in [1.165, 1.54) is 0 Å². The SMILES string of the molecule is CC1CN(CC(=O)Nc2ccc(C#N)cc2)CC1C. The maximum atomic E-state index is 11.9. The summed E-state index contributed by atoms with van der Waals surface area (Å²) >= 11 is 0. The first kappa shape index (κ1) is 13.6. The summed E-state index contributed by atoms with van der Waals surface area (Å²) in [5, 5.41) is 11.6. The topological polar surface area (TPSA) is 56.1 Å². The van der Waals surface area contributed by atoms with Gasteiger partial charge in [-0.2, -0.15) is 5.26 Å². The number of nitrogens with one attached hydrogen (secondary N) is 1. The molecular weight excluding hydrogens is 238 g/mol. The van der Waals surface area contributed by atoms with Gasteiger partial charge >= 0.3 is 0 Å². The van der Waals surface area contributed by atoms with Gasteiger partial charge in [-0.25, -0.2) is 0 Å². The van der Waals surface area contributed by atoms with Gasteiger partial charge in [0.15, 0.2) is 0 Å². The van der Waals surface area contributed by atoms with Crippen LogP contribution in [0.25, 0.3) is 0 Å². The molecule has 100 valence electrons. The van der Waals surface area contributed by atoms with Crippen LogP contribution >= 0.6 is 0 Å². The standard InChI is InChI=1S/C15H19N3O/c1-11-8-18(9-12(11)2)10-15(19)17-14-5-3-13(7-16)4-6-14/h3-6,11-12H,8-10H2,1-2H3,(H,17,19). The van der Waals surface area contributed by atoms with Crippen LogP contribution in [0.1, 0.15) is 19.4 Å². The van der Waals surface area contributed by atoms with E-state index in [1.807, 2.05) is 0 Å². The van der Waals surface area contributed by atoms with Crippen molar-refractivity contribution < 1.29 is 4.79 Å². The van der Waals surface area contributed by atoms with Crippen molar-refractivity contribution in [2.75, 3.05) is 25.0 Å². The molecule has 0 aromatic heterocycles. The molecule has 0 bridgehead atoms. The highest BCUT2D eigenvalue weighted by Crippen LogP contribution is 2.21. The smallest absolute Gasteiger partial charge is 0.238 e. The van der Waals surface area contributed by atoms with Crippen molar-refractivity contribution in [3.63, 3.8) is 0 Å². The lowest BCUT2D eigenvalue weighted by Crippen LogP contribution is -2.31. The molecule has 1 aromatic rings. The van der Waals surface area contributed by atoms with Crippen molar-refractivity contribution in [3.05, 3.63) is 29.8 Å². The van der Waals surface area contributed by atoms with Crippen LogP contribution in [0.4, 0.5) is 5.69 Å². The molecule has 1 aliphatic heterocycles. The second kappa shape index (κ2) is 5.85. The predicted octanol–water partition coefficient (Wildman–Crippen LogP) is 2.08. The molecule has 1 amide bonds. The van der Waals surface area contributed by atoms with Crippen LogP contribution in [0, 0.1) is 23.2 Å². The maximum absolute atomic E-state index is 11.9. The van der Waals surface area contributed by atoms with E-state index in [-0.39, 0.29) is 5.91 Å². The molecule has 19 heavy (non-hydrogen) atoms. The van der Waals surface area contributed by atoms with Gasteiger partial charge in [0.25, 0.3) is 0 Å². The second-order valence-electron chi connectivity index (χ2n) is 5.39. The third kappa shape index (κ3) is 3.55. The number of hydrogen-bond acceptors (Lipinski definition) is 3. The first-order chi connectivity index (χ1) is 9.08. The van der Waals surface area contributed by atoms with Crippen molar-refractivity contribution >= 4 is 11.6 Å². The number of nitriles is 1. The van der Waals surface area contributed by atoms with E-state index >= 15 is 0 Å². The molecule has 1 saturated heterocycles. The molecule has 2 atom stereocenters. The highest BCUT2D eigenvalue weighted by molar-refractivity contribution is 5.92. The Hall–Kier alpha value is -1.86. The first-order valence-electron chi connectivity index (χ1n) is 6.61. The molecule has 1 heterocycles. The van der Waals surface area contributed by atoms with E-state index in [1.54, 1.807) is 24.3 Å². The van der Waals surface area contributed by atoms with Crippen molar-refractivity contribution in [1.29, 1.82) is 5.26 Å². The molecule has 1 N–H and O–H groups in total. The molecule has 4 heteroatoms. The van der Waals surface area contributed by atoms with Gasteiger partial charge in [-0.3, -0.25) is 9.69 Å². The van der Waals surface area contributed by atoms with Crippen molar-refractivity contribution in [2.45, 2.75) is 13.8 Å². The molecule has 0 spiro atoms. The maximum Gasteiger partial charge on any atom is 0.238 e. The number of amides is 1. The highest BCUT2D eigenvalue weighted by atomic mass is 16.2. The summed E-state index contributed by atoms with van der Waals surface area (Å²) in [6.45, 7) is 6.87. The zero-order valence-electron chi connectivity index (χ0n) is 11.4. The van der Waals surface area contributed by atoms with Crippen LogP contribution in [-0.4, -0.2) is 30.4 Å². The number of anilines is 1. The highest BCUT2D eigenvalue weighted by Gasteiger charge is 2.26. The van der Waals surface area contributed by atoms with E-state index in [0.717, 1.165) is 18.8 Å². The van der Waals surface area contributed by atoms with E-state index in [0.29, 0.717) is 23.9 Å². The van der Waals surface area contributed by atoms with Crippen LogP contribution in [0.15, 0.2) is 24.3 Å². The quantitative estimate of drug-likeness (QED) is 0.902. The average molecular weight is 257 g/mol. The van der Waals surface area contributed by atoms with Crippen molar-refractivity contribution in [1.82, 2.24) is 4.90 Å². The molecule has 4 nitrogen and oxygen atoms in total. The van der Waals surface area contributed by atoms with Gasteiger partial charge in [-0.15, -0.1) is 0 Å². The lowest BCUT2D eigenvalue weighted by atomic mass is 10.0. The Morgan fingerprint density at radius 3 is 2.42 bits per heavy atom. The minimum absolute atomic E-state index is 0.00556. The molecule has 2 unspecified atom stereocenters. The van der Waals surface area contributed by atoms with E-state index in [4.69, 9.17) is 5.26 Å². The Bertz CT molecular complexity index is 479. The van der Waals surface area contributed by atoms with E-state index in [9.17, 15) is 4.79 Å². The fourth-order valence-corrected chi connectivity index (χ4v) is 2.41. The average Bonchev–Trinajstić information content (AvgIpc) is 2.69. The van der Waals surface area contributed by atoms with Crippen molar-refractivity contribution in [3.8, 4) is 6.07 Å². The molecule has 0 radical (unpaired) electrons. The van der Waals surface area contributed by atoms with Gasteiger partial charge in [0.1, 0.15) is 0 Å². The first-order valence-corrected chi connectivity index (χ1v) is 6.61. The Morgan fingerprint density at radius 1 is 1.32 bits per heavy atom. The van der Waals surface area contributed by atoms with Gasteiger partial charge in [-0.1, -0.05) is 13.8 Å². The van der Waals surface area contributed by atoms with E-state index in [2.05, 4.69) is 30.1 Å². The third-order valence-electron chi connectivity index (χ3n) is 3.73. The fourth-order valence-electron chi connectivity index (χ4n) is 2.41. The summed E-state index contributed by atoms with van der Waals surface area (Å²) in [4.78, 5) is 14.1. The lowest BCUT2D eigenvalue weighted by molar-refractivity contribution is -0.117. The van der Waals surface area contributed by atoms with Crippen LogP contribution in [0.5, 0.6) is 0 Å². The van der Waals surface area contributed by atoms with Gasteiger partial charge in [0.2, 0.25) is 5.91 Å². The summed E-state index contributed by atoms with van der Waals surface area (Å²) < 4.78 is 0. The van der Waals surface area contributed by atoms with Crippen LogP contribution in [-0.2, 0) is 4.79 Å². The summed E-state index contributed by atoms with van der Waals surface area (Å²) in [7, 11) is 0. The number of rotatable bonds is 3. The molecule has 1 aliphatic rings. The van der Waals surface area contributed by atoms with Gasteiger partial charge < -0.3 is 5.32 Å². The fraction of sp³-hybridized carbons (Fsp3) is 0.467. The largest absolute Gasteiger partial charge is 0.325 e. The van der Waals surface area contributed by atoms with Crippen LogP contribution < -0.4 is 5.32 Å². The minimum atomic E-state index is 0.00556. The normalized spacial score (nSPS) is 23.0. The molecule has 1 fully saturated rings. The van der Waals surface area contributed by atoms with Gasteiger partial charge in [0, 0.05) is 18.8 Å². The van der Waals surface area contributed by atoms with Crippen LogP contribution in [0.2, 0.25) is 0 Å². The molecule has 1 aromatic carbocycles. The number of carbonyl (C=O) groups is 1. The Kier molecular flexibility index (Phi) is 4.18. The Balaban J connectivity index is 1.86. The molecule has 0 aliphatic carbocycles. The van der Waals surface area contributed by atoms with Crippen molar-refractivity contribution in [2.24, 2.45) is 11.8 Å². The second-order valence-corrected chi connectivity index (χ2v) is 5.39. The summed E-state index contributed by atoms with van der Waals surface area (Å²) in [6, 6.07) is 8.97. The lowest BCUT2D eigenvalue weighted by Gasteiger charge is -2.14. The number of likely N-dealkylation sites (tertiary alicyclic amines) is 1. The number of benzene rings is 1. The number of nitrogens with zero attached hydrogens (tertiary/aromatic N) is 2. The third-order valence-corrected chi connectivity index (χ3v) is 3.73. The Labute approximate surface area is 114 Å². The van der Waals surface area contributed by atoms with E-state index < -0.39 is 0 Å². The molecular formula is C15H19N3O. The summed E-state index contributed by atoms with van der Waals surface area (Å²) in [5.41, 5.74) is 1.34. The predicted molar refractivity (Wildman–Crippen MR) is 74.6 cm³/mol. The monoisotopic (exact) mass is 257 g/mol. The van der Waals surface area contributed by atoms with Gasteiger partial charge in [-0.05, 0) is 36.1 Å². The number of hydrogen-bond donors (Lipinski definition) is 1. The molecule has 2 rings (SSSR count). The zero-order chi connectivity index (χ0) is 13.8. The summed E-state index contributed by atoms with van der Waals surface area (Å²) in [6.07, 6.45) is 0. The summed E-state index contributed by atoms with van der Waals surface area (Å²) in [5.74, 6) is 1.32. The zero-order valence-corrected chi connectivity index (χ0v) is 11.4. The number of carbonyl (C=O) groups excluding carboxylic acids is 1. The molecule has 0 saturated carbocycles.